The van der Waals surface area contributed by atoms with Gasteiger partial charge in [0.15, 0.2) is 0 Å². The van der Waals surface area contributed by atoms with Gasteiger partial charge in [0.05, 0.1) is 5.92 Å². The Morgan fingerprint density at radius 1 is 1.45 bits per heavy atom. The first-order valence-corrected chi connectivity index (χ1v) is 4.10. The van der Waals surface area contributed by atoms with E-state index < -0.39 is 5.97 Å². The highest BCUT2D eigenvalue weighted by Crippen LogP contribution is 2.08. The van der Waals surface area contributed by atoms with Crippen LogP contribution in [0.15, 0.2) is 12.2 Å². The molecule has 0 aromatic rings. The molecule has 0 aliphatic heterocycles. The molecule has 0 aromatic heterocycles. The van der Waals surface area contributed by atoms with Crippen LogP contribution in [0.4, 0.5) is 0 Å². The zero-order chi connectivity index (χ0) is 8.69. The molecule has 2 heteroatoms. The summed E-state index contributed by atoms with van der Waals surface area (Å²) in [5, 5.41) is 8.64. The molecule has 2 nitrogen and oxygen atoms in total. The standard InChI is InChI=1S/C9H16O2/c1-3-5-6-7-8(4-2)9(10)11/h5-6,8H,3-4,7H2,1-2H3,(H,10,11)/b6-5-. The van der Waals surface area contributed by atoms with Gasteiger partial charge in [0.1, 0.15) is 0 Å². The summed E-state index contributed by atoms with van der Waals surface area (Å²) in [6.45, 7) is 3.94. The minimum absolute atomic E-state index is 0.196. The van der Waals surface area contributed by atoms with Gasteiger partial charge < -0.3 is 5.11 Å². The van der Waals surface area contributed by atoms with Crippen molar-refractivity contribution in [2.24, 2.45) is 5.92 Å². The van der Waals surface area contributed by atoms with Gasteiger partial charge in [0.2, 0.25) is 0 Å². The van der Waals surface area contributed by atoms with Gasteiger partial charge in [-0.1, -0.05) is 26.0 Å². The maximum absolute atomic E-state index is 10.5. The molecule has 0 aromatic carbocycles. The van der Waals surface area contributed by atoms with Crippen LogP contribution in [0.2, 0.25) is 0 Å². The number of hydrogen-bond acceptors (Lipinski definition) is 1. The molecule has 0 heterocycles. The van der Waals surface area contributed by atoms with E-state index in [4.69, 9.17) is 5.11 Å². The average Bonchev–Trinajstić information content (AvgIpc) is 1.97. The van der Waals surface area contributed by atoms with Gasteiger partial charge in [0, 0.05) is 0 Å². The second kappa shape index (κ2) is 5.96. The lowest BCUT2D eigenvalue weighted by Crippen LogP contribution is -2.11. The molecule has 0 aliphatic rings. The van der Waals surface area contributed by atoms with E-state index in [1.807, 2.05) is 26.0 Å². The quantitative estimate of drug-likeness (QED) is 0.621. The highest BCUT2D eigenvalue weighted by molar-refractivity contribution is 5.70. The summed E-state index contributed by atoms with van der Waals surface area (Å²) in [5.74, 6) is -0.883. The number of carboxylic acids is 1. The van der Waals surface area contributed by atoms with Crippen LogP contribution in [0.5, 0.6) is 0 Å². The zero-order valence-electron chi connectivity index (χ0n) is 7.21. The Bertz CT molecular complexity index is 138. The fourth-order valence-corrected chi connectivity index (χ4v) is 0.869. The van der Waals surface area contributed by atoms with Crippen molar-refractivity contribution in [2.75, 3.05) is 0 Å². The molecule has 0 aliphatic carbocycles. The van der Waals surface area contributed by atoms with E-state index in [9.17, 15) is 4.79 Å². The minimum atomic E-state index is -0.687. The number of hydrogen-bond donors (Lipinski definition) is 1. The van der Waals surface area contributed by atoms with Crippen molar-refractivity contribution >= 4 is 5.97 Å². The highest BCUT2D eigenvalue weighted by atomic mass is 16.4. The fourth-order valence-electron chi connectivity index (χ4n) is 0.869. The van der Waals surface area contributed by atoms with Crippen molar-refractivity contribution in [3.05, 3.63) is 12.2 Å². The Labute approximate surface area is 67.9 Å². The summed E-state index contributed by atoms with van der Waals surface area (Å²) < 4.78 is 0. The summed E-state index contributed by atoms with van der Waals surface area (Å²) in [6, 6.07) is 0. The maximum Gasteiger partial charge on any atom is 0.306 e. The largest absolute Gasteiger partial charge is 0.481 e. The maximum atomic E-state index is 10.5. The first kappa shape index (κ1) is 10.2. The second-order valence-electron chi connectivity index (χ2n) is 2.56. The molecule has 1 atom stereocenters. The number of allylic oxidation sites excluding steroid dienone is 2. The predicted molar refractivity (Wildman–Crippen MR) is 45.5 cm³/mol. The van der Waals surface area contributed by atoms with Crippen molar-refractivity contribution in [3.8, 4) is 0 Å². The summed E-state index contributed by atoms with van der Waals surface area (Å²) in [7, 11) is 0. The van der Waals surface area contributed by atoms with Crippen molar-refractivity contribution in [1.29, 1.82) is 0 Å². The molecule has 64 valence electrons. The number of aliphatic carboxylic acids is 1. The van der Waals surface area contributed by atoms with Crippen molar-refractivity contribution in [3.63, 3.8) is 0 Å². The number of rotatable bonds is 5. The topological polar surface area (TPSA) is 37.3 Å². The first-order valence-electron chi connectivity index (χ1n) is 4.10. The van der Waals surface area contributed by atoms with Crippen molar-refractivity contribution < 1.29 is 9.90 Å². The second-order valence-corrected chi connectivity index (χ2v) is 2.56. The molecule has 1 N–H and O–H groups in total. The SMILES string of the molecule is CC/C=C\CC(CC)C(=O)O. The van der Waals surface area contributed by atoms with E-state index >= 15 is 0 Å². The average molecular weight is 156 g/mol. The molecular weight excluding hydrogens is 140 g/mol. The van der Waals surface area contributed by atoms with Gasteiger partial charge in [0.25, 0.3) is 0 Å². The van der Waals surface area contributed by atoms with E-state index in [-0.39, 0.29) is 5.92 Å². The lowest BCUT2D eigenvalue weighted by atomic mass is 10.0. The third-order valence-corrected chi connectivity index (χ3v) is 1.67. The first-order chi connectivity index (χ1) is 5.22. The normalized spacial score (nSPS) is 13.6. The molecule has 0 amide bonds. The van der Waals surface area contributed by atoms with E-state index in [0.717, 1.165) is 6.42 Å². The lowest BCUT2D eigenvalue weighted by molar-refractivity contribution is -0.141. The minimum Gasteiger partial charge on any atom is -0.481 e. The molecule has 0 saturated carbocycles. The number of carbonyl (C=O) groups is 1. The van der Waals surface area contributed by atoms with Crippen LogP contribution in [0.1, 0.15) is 33.1 Å². The third kappa shape index (κ3) is 4.59. The van der Waals surface area contributed by atoms with Gasteiger partial charge in [-0.3, -0.25) is 4.79 Å². The molecule has 0 bridgehead atoms. The van der Waals surface area contributed by atoms with Crippen LogP contribution >= 0.6 is 0 Å². The van der Waals surface area contributed by atoms with Gasteiger partial charge in [-0.15, -0.1) is 0 Å². The molecule has 0 spiro atoms. The van der Waals surface area contributed by atoms with Crippen LogP contribution < -0.4 is 0 Å². The predicted octanol–water partition coefficient (Wildman–Crippen LogP) is 2.45. The Morgan fingerprint density at radius 2 is 2.09 bits per heavy atom. The van der Waals surface area contributed by atoms with E-state index in [1.54, 1.807) is 0 Å². The Morgan fingerprint density at radius 3 is 2.45 bits per heavy atom. The van der Waals surface area contributed by atoms with Crippen LogP contribution in [0.25, 0.3) is 0 Å². The van der Waals surface area contributed by atoms with E-state index in [1.165, 1.54) is 0 Å². The molecule has 11 heavy (non-hydrogen) atoms. The van der Waals surface area contributed by atoms with Crippen LogP contribution in [0.3, 0.4) is 0 Å². The summed E-state index contributed by atoms with van der Waals surface area (Å²) in [4.78, 5) is 10.5. The Kier molecular flexibility index (Phi) is 5.53. The van der Waals surface area contributed by atoms with Crippen LogP contribution in [-0.4, -0.2) is 11.1 Å². The molecule has 0 saturated heterocycles. The molecule has 0 fully saturated rings. The Balaban J connectivity index is 3.69. The third-order valence-electron chi connectivity index (χ3n) is 1.67. The van der Waals surface area contributed by atoms with Crippen LogP contribution in [-0.2, 0) is 4.79 Å². The van der Waals surface area contributed by atoms with Crippen molar-refractivity contribution in [2.45, 2.75) is 33.1 Å². The highest BCUT2D eigenvalue weighted by Gasteiger charge is 2.11. The summed E-state index contributed by atoms with van der Waals surface area (Å²) in [5.41, 5.74) is 0. The van der Waals surface area contributed by atoms with Gasteiger partial charge in [-0.05, 0) is 19.3 Å². The van der Waals surface area contributed by atoms with Crippen molar-refractivity contribution in [1.82, 2.24) is 0 Å². The Hall–Kier alpha value is -0.790. The van der Waals surface area contributed by atoms with Gasteiger partial charge in [-0.2, -0.15) is 0 Å². The summed E-state index contributed by atoms with van der Waals surface area (Å²) >= 11 is 0. The van der Waals surface area contributed by atoms with Gasteiger partial charge in [-0.25, -0.2) is 0 Å². The monoisotopic (exact) mass is 156 g/mol. The lowest BCUT2D eigenvalue weighted by Gasteiger charge is -2.04. The van der Waals surface area contributed by atoms with E-state index in [2.05, 4.69) is 0 Å². The zero-order valence-corrected chi connectivity index (χ0v) is 7.21. The number of carboxylic acid groups (broad SMARTS) is 1. The van der Waals surface area contributed by atoms with Gasteiger partial charge >= 0.3 is 5.97 Å². The fraction of sp³-hybridized carbons (Fsp3) is 0.667. The molecule has 0 radical (unpaired) electrons. The molecule has 1 unspecified atom stereocenters. The molecule has 0 rings (SSSR count). The smallest absolute Gasteiger partial charge is 0.306 e. The summed E-state index contributed by atoms with van der Waals surface area (Å²) in [6.07, 6.45) is 6.31. The van der Waals surface area contributed by atoms with E-state index in [0.29, 0.717) is 12.8 Å². The molecular formula is C9H16O2. The van der Waals surface area contributed by atoms with Crippen LogP contribution in [0, 0.1) is 5.92 Å².